The molecular weight excluding hydrogens is 540 g/mol. The van der Waals surface area contributed by atoms with Gasteiger partial charge in [0.05, 0.1) is 37.9 Å². The maximum atomic E-state index is 13.4. The van der Waals surface area contributed by atoms with Gasteiger partial charge in [0.25, 0.3) is 0 Å². The molecule has 0 bridgehead atoms. The van der Waals surface area contributed by atoms with Crippen LogP contribution in [-0.4, -0.2) is 67.0 Å². The van der Waals surface area contributed by atoms with Crippen molar-refractivity contribution < 1.29 is 15.3 Å². The lowest BCUT2D eigenvalue weighted by Crippen LogP contribution is -2.57. The molecule has 12 heteroatoms. The van der Waals surface area contributed by atoms with Crippen LogP contribution >= 0.6 is 0 Å². The summed E-state index contributed by atoms with van der Waals surface area (Å²) in [5, 5.41) is 41.1. The molecule has 3 atom stereocenters. The van der Waals surface area contributed by atoms with E-state index >= 15 is 0 Å². The number of rotatable bonds is 15. The van der Waals surface area contributed by atoms with E-state index in [1.54, 1.807) is 0 Å². The predicted molar refractivity (Wildman–Crippen MR) is 162 cm³/mol. The van der Waals surface area contributed by atoms with Gasteiger partial charge in [-0.15, -0.1) is 0 Å². The molecule has 0 spiro atoms. The largest absolute Gasteiger partial charge is 0.389 e. The van der Waals surface area contributed by atoms with E-state index in [1.807, 2.05) is 91.0 Å². The number of para-hydroxylation sites is 3. The number of aliphatic hydroxyl groups is 3. The third kappa shape index (κ3) is 8.43. The van der Waals surface area contributed by atoms with E-state index in [2.05, 4.69) is 16.0 Å². The van der Waals surface area contributed by atoms with Gasteiger partial charge in [-0.1, -0.05) is 54.6 Å². The molecular formula is C30H36N6O6. The molecule has 4 aromatic rings. The van der Waals surface area contributed by atoms with E-state index < -0.39 is 55.0 Å². The van der Waals surface area contributed by atoms with Gasteiger partial charge in [-0.2, -0.15) is 0 Å². The standard InChI is InChI=1S/C30H36N6O6/c37-25(16-31-22-10-4-1-5-11-22)19-34-28(40)35(20-26(38)17-32-23-12-6-2-7-13-23)30(42)36(29(34)41)21-27(39)18-33-24-14-8-3-9-15-24/h1-15,25-27,31-33,37-39H,16-21H2. The van der Waals surface area contributed by atoms with Crippen LogP contribution in [0.5, 0.6) is 0 Å². The Morgan fingerprint density at radius 1 is 0.452 bits per heavy atom. The monoisotopic (exact) mass is 576 g/mol. The van der Waals surface area contributed by atoms with Gasteiger partial charge in [0, 0.05) is 36.7 Å². The van der Waals surface area contributed by atoms with Crippen LogP contribution in [0.2, 0.25) is 0 Å². The second-order valence-electron chi connectivity index (χ2n) is 9.88. The fraction of sp³-hybridized carbons (Fsp3) is 0.300. The van der Waals surface area contributed by atoms with Gasteiger partial charge in [0.2, 0.25) is 0 Å². The van der Waals surface area contributed by atoms with E-state index in [4.69, 9.17) is 0 Å². The molecule has 42 heavy (non-hydrogen) atoms. The smallest absolute Gasteiger partial charge is 0.336 e. The highest BCUT2D eigenvalue weighted by Gasteiger charge is 2.21. The molecule has 12 nitrogen and oxygen atoms in total. The van der Waals surface area contributed by atoms with Crippen molar-refractivity contribution in [2.75, 3.05) is 35.6 Å². The first-order valence-corrected chi connectivity index (χ1v) is 13.7. The second kappa shape index (κ2) is 14.8. The summed E-state index contributed by atoms with van der Waals surface area (Å²) < 4.78 is 2.27. The number of hydrogen-bond acceptors (Lipinski definition) is 9. The van der Waals surface area contributed by atoms with Crippen molar-refractivity contribution in [2.45, 2.75) is 37.9 Å². The lowest BCUT2D eigenvalue weighted by molar-refractivity contribution is 0.140. The zero-order chi connectivity index (χ0) is 29.9. The number of benzene rings is 3. The van der Waals surface area contributed by atoms with E-state index in [0.29, 0.717) is 0 Å². The summed E-state index contributed by atoms with van der Waals surface area (Å²) in [7, 11) is 0. The highest BCUT2D eigenvalue weighted by molar-refractivity contribution is 5.43. The maximum absolute atomic E-state index is 13.4. The number of aromatic nitrogens is 3. The zero-order valence-corrected chi connectivity index (χ0v) is 23.0. The molecule has 0 aliphatic heterocycles. The van der Waals surface area contributed by atoms with Gasteiger partial charge in [-0.05, 0) is 36.4 Å². The Balaban J connectivity index is 1.55. The van der Waals surface area contributed by atoms with Crippen LogP contribution in [-0.2, 0) is 19.6 Å². The number of anilines is 3. The topological polar surface area (TPSA) is 163 Å². The van der Waals surface area contributed by atoms with Gasteiger partial charge in [-0.25, -0.2) is 28.1 Å². The SMILES string of the molecule is O=c1n(CC(O)CNc2ccccc2)c(=O)n(CC(O)CNc2ccccc2)c(=O)n1CC(O)CNc1ccccc1. The molecule has 3 aromatic carbocycles. The van der Waals surface area contributed by atoms with Gasteiger partial charge >= 0.3 is 17.1 Å². The van der Waals surface area contributed by atoms with Crippen molar-refractivity contribution in [3.8, 4) is 0 Å². The van der Waals surface area contributed by atoms with Gasteiger partial charge in [0.15, 0.2) is 0 Å². The van der Waals surface area contributed by atoms with Crippen molar-refractivity contribution >= 4 is 17.1 Å². The second-order valence-corrected chi connectivity index (χ2v) is 9.88. The van der Waals surface area contributed by atoms with Gasteiger partial charge < -0.3 is 31.3 Å². The van der Waals surface area contributed by atoms with Crippen molar-refractivity contribution in [3.05, 3.63) is 122 Å². The number of nitrogens with one attached hydrogen (secondary N) is 3. The molecule has 1 aromatic heterocycles. The summed E-state index contributed by atoms with van der Waals surface area (Å²) in [6.07, 6.45) is -3.49. The minimum absolute atomic E-state index is 0.0300. The molecule has 0 saturated heterocycles. The Kier molecular flexibility index (Phi) is 10.7. The van der Waals surface area contributed by atoms with Crippen LogP contribution in [0, 0.1) is 0 Å². The summed E-state index contributed by atoms with van der Waals surface area (Å²) in [6.45, 7) is -1.13. The summed E-state index contributed by atoms with van der Waals surface area (Å²) in [4.78, 5) is 40.1. The Labute approximate surface area is 242 Å². The highest BCUT2D eigenvalue weighted by atomic mass is 16.3. The lowest BCUT2D eigenvalue weighted by atomic mass is 10.3. The lowest BCUT2D eigenvalue weighted by Gasteiger charge is -2.20. The van der Waals surface area contributed by atoms with Crippen LogP contribution in [0.3, 0.4) is 0 Å². The van der Waals surface area contributed by atoms with Crippen molar-refractivity contribution in [3.63, 3.8) is 0 Å². The third-order valence-electron chi connectivity index (χ3n) is 6.51. The Bertz CT molecular complexity index is 1350. The van der Waals surface area contributed by atoms with Gasteiger partial charge in [-0.3, -0.25) is 0 Å². The predicted octanol–water partition coefficient (Wildman–Crippen LogP) is 0.591. The minimum Gasteiger partial charge on any atom is -0.389 e. The molecule has 6 N–H and O–H groups in total. The van der Waals surface area contributed by atoms with E-state index in [0.717, 1.165) is 30.8 Å². The fourth-order valence-electron chi connectivity index (χ4n) is 4.35. The van der Waals surface area contributed by atoms with Crippen LogP contribution in [0.25, 0.3) is 0 Å². The molecule has 3 unspecified atom stereocenters. The molecule has 0 aliphatic rings. The highest BCUT2D eigenvalue weighted by Crippen LogP contribution is 2.07. The molecule has 0 radical (unpaired) electrons. The van der Waals surface area contributed by atoms with Crippen molar-refractivity contribution in [2.24, 2.45) is 0 Å². The van der Waals surface area contributed by atoms with Gasteiger partial charge in [0.1, 0.15) is 0 Å². The fourth-order valence-corrected chi connectivity index (χ4v) is 4.35. The normalized spacial score (nSPS) is 13.2. The van der Waals surface area contributed by atoms with Crippen molar-refractivity contribution in [1.29, 1.82) is 0 Å². The molecule has 222 valence electrons. The quantitative estimate of drug-likeness (QED) is 0.119. The first-order chi connectivity index (χ1) is 20.3. The number of nitrogens with zero attached hydrogens (tertiary/aromatic N) is 3. The molecule has 0 aliphatic carbocycles. The summed E-state index contributed by atoms with van der Waals surface area (Å²) in [5.74, 6) is 0. The summed E-state index contributed by atoms with van der Waals surface area (Å²) in [5.41, 5.74) is -0.653. The van der Waals surface area contributed by atoms with Crippen molar-refractivity contribution in [1.82, 2.24) is 13.7 Å². The molecule has 0 amide bonds. The average molecular weight is 577 g/mol. The number of hydrogen-bond donors (Lipinski definition) is 6. The Morgan fingerprint density at radius 2 is 0.690 bits per heavy atom. The van der Waals surface area contributed by atoms with Crippen LogP contribution in [0.4, 0.5) is 17.1 Å². The van der Waals surface area contributed by atoms with Crippen LogP contribution in [0.1, 0.15) is 0 Å². The zero-order valence-electron chi connectivity index (χ0n) is 23.0. The first-order valence-electron chi connectivity index (χ1n) is 13.7. The maximum Gasteiger partial charge on any atom is 0.336 e. The Hall–Kier alpha value is -4.65. The third-order valence-corrected chi connectivity index (χ3v) is 6.51. The average Bonchev–Trinajstić information content (AvgIpc) is 3.02. The molecule has 0 saturated carbocycles. The van der Waals surface area contributed by atoms with E-state index in [-0.39, 0.29) is 19.6 Å². The molecule has 1 heterocycles. The van der Waals surface area contributed by atoms with E-state index in [1.165, 1.54) is 0 Å². The van der Waals surface area contributed by atoms with Crippen LogP contribution in [0.15, 0.2) is 105 Å². The van der Waals surface area contributed by atoms with E-state index in [9.17, 15) is 29.7 Å². The summed E-state index contributed by atoms with van der Waals surface area (Å²) >= 11 is 0. The Morgan fingerprint density at radius 3 is 0.929 bits per heavy atom. The first kappa shape index (κ1) is 30.3. The summed E-state index contributed by atoms with van der Waals surface area (Å²) in [6, 6.07) is 27.3. The molecule has 4 rings (SSSR count). The van der Waals surface area contributed by atoms with Crippen LogP contribution < -0.4 is 33.0 Å². The minimum atomic E-state index is -1.16. The molecule has 0 fully saturated rings. The number of aliphatic hydroxyl groups excluding tert-OH is 3.